The van der Waals surface area contributed by atoms with Gasteiger partial charge in [0.25, 0.3) is 0 Å². The highest BCUT2D eigenvalue weighted by Gasteiger charge is 2.30. The van der Waals surface area contributed by atoms with E-state index in [9.17, 15) is 9.59 Å². The van der Waals surface area contributed by atoms with Crippen LogP contribution < -0.4 is 5.32 Å². The first-order valence-corrected chi connectivity index (χ1v) is 8.47. The van der Waals surface area contributed by atoms with Crippen molar-refractivity contribution in [2.75, 3.05) is 19.6 Å². The van der Waals surface area contributed by atoms with Crippen LogP contribution in [-0.2, 0) is 9.59 Å². The van der Waals surface area contributed by atoms with E-state index >= 15 is 0 Å². The number of amides is 1. The second-order valence-electron chi connectivity index (χ2n) is 7.57. The molecular formula is C17H32N2O3. The second kappa shape index (κ2) is 8.51. The number of rotatable bonds is 7. The van der Waals surface area contributed by atoms with Crippen molar-refractivity contribution >= 4 is 11.9 Å². The quantitative estimate of drug-likeness (QED) is 0.758. The Balaban J connectivity index is 2.61. The van der Waals surface area contributed by atoms with Crippen molar-refractivity contribution in [2.24, 2.45) is 11.3 Å². The monoisotopic (exact) mass is 312 g/mol. The summed E-state index contributed by atoms with van der Waals surface area (Å²) >= 11 is 0. The molecule has 0 aromatic heterocycles. The second-order valence-corrected chi connectivity index (χ2v) is 7.57. The van der Waals surface area contributed by atoms with E-state index in [1.807, 2.05) is 20.8 Å². The van der Waals surface area contributed by atoms with E-state index in [4.69, 9.17) is 5.11 Å². The number of carbonyl (C=O) groups is 2. The minimum absolute atomic E-state index is 0.0758. The van der Waals surface area contributed by atoms with E-state index in [0.29, 0.717) is 12.3 Å². The van der Waals surface area contributed by atoms with E-state index in [1.165, 1.54) is 0 Å². The third-order valence-electron chi connectivity index (χ3n) is 4.22. The molecule has 0 aliphatic carbocycles. The molecule has 0 aromatic rings. The summed E-state index contributed by atoms with van der Waals surface area (Å²) < 4.78 is 0. The molecule has 5 heteroatoms. The van der Waals surface area contributed by atoms with Crippen LogP contribution in [0, 0.1) is 11.3 Å². The number of carboxylic acid groups (broad SMARTS) is 1. The molecule has 1 heterocycles. The predicted molar refractivity (Wildman–Crippen MR) is 87.7 cm³/mol. The third-order valence-corrected chi connectivity index (χ3v) is 4.22. The Morgan fingerprint density at radius 2 is 1.95 bits per heavy atom. The molecule has 0 spiro atoms. The van der Waals surface area contributed by atoms with Gasteiger partial charge in [-0.05, 0) is 31.7 Å². The van der Waals surface area contributed by atoms with Crippen molar-refractivity contribution in [1.29, 1.82) is 0 Å². The van der Waals surface area contributed by atoms with Crippen molar-refractivity contribution in [2.45, 2.75) is 65.8 Å². The molecule has 5 nitrogen and oxygen atoms in total. The van der Waals surface area contributed by atoms with Gasteiger partial charge in [0.1, 0.15) is 0 Å². The van der Waals surface area contributed by atoms with Crippen LogP contribution in [0.25, 0.3) is 0 Å². The van der Waals surface area contributed by atoms with Crippen molar-refractivity contribution < 1.29 is 14.7 Å². The number of nitrogens with zero attached hydrogens (tertiary/aromatic N) is 1. The fourth-order valence-corrected chi connectivity index (χ4v) is 2.91. The summed E-state index contributed by atoms with van der Waals surface area (Å²) in [5.74, 6) is -0.306. The van der Waals surface area contributed by atoms with E-state index in [2.05, 4.69) is 17.1 Å². The average molecular weight is 312 g/mol. The van der Waals surface area contributed by atoms with Crippen LogP contribution in [0.4, 0.5) is 0 Å². The molecule has 22 heavy (non-hydrogen) atoms. The van der Waals surface area contributed by atoms with Gasteiger partial charge in [-0.2, -0.15) is 0 Å². The molecule has 1 amide bonds. The van der Waals surface area contributed by atoms with Crippen LogP contribution in [0.5, 0.6) is 0 Å². The normalized spacial score (nSPS) is 23.3. The number of likely N-dealkylation sites (tertiary alicyclic amines) is 1. The molecular weight excluding hydrogens is 280 g/mol. The molecule has 2 atom stereocenters. The first-order valence-electron chi connectivity index (χ1n) is 8.47. The van der Waals surface area contributed by atoms with Gasteiger partial charge >= 0.3 is 5.97 Å². The van der Waals surface area contributed by atoms with Crippen LogP contribution >= 0.6 is 0 Å². The van der Waals surface area contributed by atoms with E-state index in [1.54, 1.807) is 0 Å². The number of piperidine rings is 1. The lowest BCUT2D eigenvalue weighted by atomic mass is 9.88. The zero-order valence-corrected chi connectivity index (χ0v) is 14.5. The van der Waals surface area contributed by atoms with E-state index in [0.717, 1.165) is 38.9 Å². The minimum atomic E-state index is -0.735. The largest absolute Gasteiger partial charge is 0.481 e. The summed E-state index contributed by atoms with van der Waals surface area (Å²) in [7, 11) is 0. The van der Waals surface area contributed by atoms with Gasteiger partial charge in [0.15, 0.2) is 0 Å². The zero-order chi connectivity index (χ0) is 16.8. The Morgan fingerprint density at radius 1 is 1.27 bits per heavy atom. The van der Waals surface area contributed by atoms with E-state index in [-0.39, 0.29) is 23.8 Å². The summed E-state index contributed by atoms with van der Waals surface area (Å²) in [5.41, 5.74) is -0.387. The van der Waals surface area contributed by atoms with Gasteiger partial charge in [0, 0.05) is 31.0 Å². The Kier molecular flexibility index (Phi) is 7.33. The Morgan fingerprint density at radius 3 is 2.50 bits per heavy atom. The molecule has 0 bridgehead atoms. The highest BCUT2D eigenvalue weighted by Crippen LogP contribution is 2.23. The summed E-state index contributed by atoms with van der Waals surface area (Å²) in [6.45, 7) is 10.8. The number of nitrogens with one attached hydrogen (secondary N) is 1. The van der Waals surface area contributed by atoms with Crippen molar-refractivity contribution in [3.8, 4) is 0 Å². The van der Waals surface area contributed by atoms with Gasteiger partial charge < -0.3 is 15.3 Å². The van der Waals surface area contributed by atoms with Crippen LogP contribution in [0.15, 0.2) is 0 Å². The lowest BCUT2D eigenvalue weighted by Gasteiger charge is -2.39. The molecule has 1 aliphatic rings. The Hall–Kier alpha value is -1.10. The molecule has 0 aromatic carbocycles. The van der Waals surface area contributed by atoms with Gasteiger partial charge in [-0.3, -0.25) is 9.59 Å². The number of aliphatic carboxylic acids is 1. The number of carbonyl (C=O) groups excluding carboxylic acids is 1. The topological polar surface area (TPSA) is 69.6 Å². The van der Waals surface area contributed by atoms with Gasteiger partial charge in [0.05, 0.1) is 0 Å². The fourth-order valence-electron chi connectivity index (χ4n) is 2.91. The van der Waals surface area contributed by atoms with Gasteiger partial charge in [0.2, 0.25) is 5.91 Å². The standard InChI is InChI=1S/C17H32N2O3/c1-5-6-9-19-11-13(7-8-15(20)21)10-14(12-19)18-16(22)17(2,3)4/h13-14H,5-12H2,1-4H3,(H,18,22)(H,20,21). The van der Waals surface area contributed by atoms with Crippen LogP contribution in [0.1, 0.15) is 59.8 Å². The number of hydrogen-bond donors (Lipinski definition) is 2. The number of hydrogen-bond acceptors (Lipinski definition) is 3. The average Bonchev–Trinajstić information content (AvgIpc) is 2.41. The zero-order valence-electron chi connectivity index (χ0n) is 14.5. The van der Waals surface area contributed by atoms with Crippen molar-refractivity contribution in [3.63, 3.8) is 0 Å². The molecule has 128 valence electrons. The lowest BCUT2D eigenvalue weighted by Crippen LogP contribution is -2.53. The molecule has 0 radical (unpaired) electrons. The summed E-state index contributed by atoms with van der Waals surface area (Å²) in [6, 6.07) is 0.135. The number of carboxylic acids is 1. The highest BCUT2D eigenvalue weighted by atomic mass is 16.4. The third kappa shape index (κ3) is 6.77. The maximum Gasteiger partial charge on any atom is 0.303 e. The van der Waals surface area contributed by atoms with Gasteiger partial charge in [-0.15, -0.1) is 0 Å². The fraction of sp³-hybridized carbons (Fsp3) is 0.882. The minimum Gasteiger partial charge on any atom is -0.481 e. The van der Waals surface area contributed by atoms with Gasteiger partial charge in [-0.1, -0.05) is 34.1 Å². The summed E-state index contributed by atoms with van der Waals surface area (Å²) in [5, 5.41) is 12.0. The highest BCUT2D eigenvalue weighted by molar-refractivity contribution is 5.81. The first-order chi connectivity index (χ1) is 10.2. The molecule has 2 unspecified atom stereocenters. The number of unbranched alkanes of at least 4 members (excludes halogenated alkanes) is 1. The smallest absolute Gasteiger partial charge is 0.303 e. The van der Waals surface area contributed by atoms with Gasteiger partial charge in [-0.25, -0.2) is 0 Å². The molecule has 2 N–H and O–H groups in total. The predicted octanol–water partition coefficient (Wildman–Crippen LogP) is 2.50. The van der Waals surface area contributed by atoms with Crippen LogP contribution in [-0.4, -0.2) is 47.6 Å². The summed E-state index contributed by atoms with van der Waals surface area (Å²) in [6.07, 6.45) is 4.09. The summed E-state index contributed by atoms with van der Waals surface area (Å²) in [4.78, 5) is 25.4. The Bertz CT molecular complexity index is 377. The molecule has 1 aliphatic heterocycles. The molecule has 0 saturated carbocycles. The van der Waals surface area contributed by atoms with Crippen molar-refractivity contribution in [1.82, 2.24) is 10.2 Å². The SMILES string of the molecule is CCCCN1CC(CCC(=O)O)CC(NC(=O)C(C)(C)C)C1. The van der Waals surface area contributed by atoms with Crippen molar-refractivity contribution in [3.05, 3.63) is 0 Å². The van der Waals surface area contributed by atoms with Crippen LogP contribution in [0.2, 0.25) is 0 Å². The lowest BCUT2D eigenvalue weighted by molar-refractivity contribution is -0.137. The molecule has 1 rings (SSSR count). The maximum atomic E-state index is 12.2. The Labute approximate surface area is 134 Å². The molecule has 1 fully saturated rings. The van der Waals surface area contributed by atoms with E-state index < -0.39 is 5.97 Å². The maximum absolute atomic E-state index is 12.2. The van der Waals surface area contributed by atoms with Crippen LogP contribution in [0.3, 0.4) is 0 Å². The molecule has 1 saturated heterocycles. The first kappa shape index (κ1) is 18.9.